The van der Waals surface area contributed by atoms with Crippen LogP contribution in [0.5, 0.6) is 5.75 Å². The summed E-state index contributed by atoms with van der Waals surface area (Å²) in [6, 6.07) is 19.6. The molecule has 0 aliphatic carbocycles. The van der Waals surface area contributed by atoms with E-state index in [0.29, 0.717) is 31.4 Å². The molecule has 0 radical (unpaired) electrons. The number of aromatic nitrogens is 1. The van der Waals surface area contributed by atoms with Crippen molar-refractivity contribution in [2.24, 2.45) is 4.99 Å². The van der Waals surface area contributed by atoms with E-state index in [4.69, 9.17) is 32.5 Å². The van der Waals surface area contributed by atoms with Crippen molar-refractivity contribution in [3.63, 3.8) is 0 Å². The Kier molecular flexibility index (Phi) is 9.33. The normalized spacial score (nSPS) is 14.7. The van der Waals surface area contributed by atoms with Crippen LogP contribution in [-0.2, 0) is 9.53 Å². The second-order valence-electron chi connectivity index (χ2n) is 8.78. The van der Waals surface area contributed by atoms with Gasteiger partial charge in [-0.3, -0.25) is 9.36 Å². The number of hydrogen-bond acceptors (Lipinski definition) is 6. The van der Waals surface area contributed by atoms with Crippen molar-refractivity contribution in [3.8, 4) is 18.1 Å². The Bertz CT molecular complexity index is 1890. The topological polar surface area (TPSA) is 69.9 Å². The number of hydrogen-bond donors (Lipinski definition) is 0. The first kappa shape index (κ1) is 29.6. The van der Waals surface area contributed by atoms with Crippen molar-refractivity contribution < 1.29 is 14.3 Å². The minimum absolute atomic E-state index is 0.0958. The van der Waals surface area contributed by atoms with Gasteiger partial charge >= 0.3 is 5.97 Å². The lowest BCUT2D eigenvalue weighted by Gasteiger charge is -2.26. The molecule has 5 rings (SSSR count). The van der Waals surface area contributed by atoms with E-state index in [0.717, 1.165) is 18.3 Å². The molecule has 1 aromatic heterocycles. The number of halogens is 3. The van der Waals surface area contributed by atoms with Crippen LogP contribution in [0.15, 0.2) is 82.1 Å². The summed E-state index contributed by atoms with van der Waals surface area (Å²) in [5.74, 6) is 2.55. The molecule has 0 saturated carbocycles. The number of nitrogens with zero attached hydrogens (tertiary/aromatic N) is 2. The zero-order chi connectivity index (χ0) is 29.1. The fourth-order valence-corrected chi connectivity index (χ4v) is 7.66. The molecule has 3 aromatic carbocycles. The Morgan fingerprint density at radius 1 is 1.17 bits per heavy atom. The minimum Gasteiger partial charge on any atom is -0.479 e. The van der Waals surface area contributed by atoms with Crippen LogP contribution < -0.4 is 19.6 Å². The fourth-order valence-electron chi connectivity index (χ4n) is 4.50. The van der Waals surface area contributed by atoms with Gasteiger partial charge in [-0.2, -0.15) is 0 Å². The van der Waals surface area contributed by atoms with Gasteiger partial charge in [-0.1, -0.05) is 71.3 Å². The number of rotatable bonds is 7. The van der Waals surface area contributed by atoms with E-state index in [1.54, 1.807) is 29.7 Å². The number of carbonyl (C=O) groups excluding carboxylic acids is 1. The highest BCUT2D eigenvalue weighted by Crippen LogP contribution is 2.35. The number of carbonyl (C=O) groups is 1. The summed E-state index contributed by atoms with van der Waals surface area (Å²) in [4.78, 5) is 33.0. The van der Waals surface area contributed by atoms with Gasteiger partial charge in [-0.05, 0) is 88.0 Å². The molecule has 1 aliphatic rings. The van der Waals surface area contributed by atoms with Crippen molar-refractivity contribution >= 4 is 85.9 Å². The summed E-state index contributed by atoms with van der Waals surface area (Å²) in [6.07, 6.45) is 7.23. The summed E-state index contributed by atoms with van der Waals surface area (Å²) in [5, 5.41) is 0.541. The van der Waals surface area contributed by atoms with Crippen molar-refractivity contribution in [3.05, 3.63) is 121 Å². The number of terminal acetylenes is 1. The van der Waals surface area contributed by atoms with Crippen molar-refractivity contribution in [1.82, 2.24) is 4.57 Å². The van der Waals surface area contributed by atoms with E-state index >= 15 is 0 Å². The molecular weight excluding hydrogens is 786 g/mol. The molecule has 6 nitrogen and oxygen atoms in total. The molecule has 1 aliphatic heterocycles. The van der Waals surface area contributed by atoms with Crippen LogP contribution in [0, 0.1) is 19.5 Å². The zero-order valence-electron chi connectivity index (χ0n) is 21.6. The Hall–Kier alpha value is -2.92. The SMILES string of the molecule is C#CCOc1c(I)cc(I)cc1/C=c1\sc2n(c1=O)[C@@H](c1ccc(Cl)cc1)C(C(=O)OCC)=C(c1ccccc1)N=2. The molecule has 4 aromatic rings. The number of fused-ring (bicyclic) bond motifs is 1. The maximum absolute atomic E-state index is 14.1. The Morgan fingerprint density at radius 3 is 2.59 bits per heavy atom. The molecule has 41 heavy (non-hydrogen) atoms. The molecule has 10 heteroatoms. The predicted molar refractivity (Wildman–Crippen MR) is 179 cm³/mol. The van der Waals surface area contributed by atoms with Gasteiger partial charge in [0.15, 0.2) is 4.80 Å². The zero-order valence-corrected chi connectivity index (χ0v) is 27.5. The number of ether oxygens (including phenoxy) is 2. The van der Waals surface area contributed by atoms with Gasteiger partial charge in [0.25, 0.3) is 5.56 Å². The highest BCUT2D eigenvalue weighted by Gasteiger charge is 2.35. The predicted octanol–water partition coefficient (Wildman–Crippen LogP) is 5.81. The highest BCUT2D eigenvalue weighted by molar-refractivity contribution is 14.1. The lowest BCUT2D eigenvalue weighted by molar-refractivity contribution is -0.138. The fraction of sp³-hybridized carbons (Fsp3) is 0.129. The van der Waals surface area contributed by atoms with Crippen LogP contribution in [-0.4, -0.2) is 23.8 Å². The van der Waals surface area contributed by atoms with Gasteiger partial charge in [0.2, 0.25) is 0 Å². The maximum atomic E-state index is 14.1. The third-order valence-corrected chi connectivity index (χ3v) is 8.84. The first-order valence-electron chi connectivity index (χ1n) is 12.4. The first-order valence-corrected chi connectivity index (χ1v) is 15.8. The van der Waals surface area contributed by atoms with Crippen LogP contribution in [0.25, 0.3) is 11.8 Å². The van der Waals surface area contributed by atoms with E-state index in [1.165, 1.54) is 11.3 Å². The van der Waals surface area contributed by atoms with E-state index in [1.807, 2.05) is 54.6 Å². The van der Waals surface area contributed by atoms with Gasteiger partial charge in [0, 0.05) is 19.7 Å². The molecule has 0 bridgehead atoms. The molecule has 0 fully saturated rings. The second kappa shape index (κ2) is 12.9. The third kappa shape index (κ3) is 6.16. The number of thiazole rings is 1. The van der Waals surface area contributed by atoms with Gasteiger partial charge in [-0.15, -0.1) is 6.42 Å². The van der Waals surface area contributed by atoms with Crippen LogP contribution >= 0.6 is 68.1 Å². The summed E-state index contributed by atoms with van der Waals surface area (Å²) >= 11 is 11.9. The average Bonchev–Trinajstić information content (AvgIpc) is 3.27. The van der Waals surface area contributed by atoms with Crippen molar-refractivity contribution in [1.29, 1.82) is 0 Å². The number of esters is 1. The summed E-state index contributed by atoms with van der Waals surface area (Å²) < 4.78 is 15.2. The average molecular weight is 807 g/mol. The monoisotopic (exact) mass is 806 g/mol. The number of benzene rings is 3. The van der Waals surface area contributed by atoms with E-state index in [9.17, 15) is 9.59 Å². The van der Waals surface area contributed by atoms with Gasteiger partial charge < -0.3 is 9.47 Å². The molecule has 0 saturated heterocycles. The van der Waals surface area contributed by atoms with E-state index < -0.39 is 12.0 Å². The van der Waals surface area contributed by atoms with Gasteiger partial charge in [0.1, 0.15) is 12.4 Å². The Morgan fingerprint density at radius 2 is 1.90 bits per heavy atom. The third-order valence-electron chi connectivity index (χ3n) is 6.18. The van der Waals surface area contributed by atoms with E-state index in [2.05, 4.69) is 51.1 Å². The van der Waals surface area contributed by atoms with Crippen LogP contribution in [0.4, 0.5) is 0 Å². The second-order valence-corrected chi connectivity index (χ2v) is 12.6. The Balaban J connectivity index is 1.82. The van der Waals surface area contributed by atoms with Crippen LogP contribution in [0.2, 0.25) is 5.02 Å². The molecule has 0 amide bonds. The summed E-state index contributed by atoms with van der Waals surface area (Å²) in [7, 11) is 0. The summed E-state index contributed by atoms with van der Waals surface area (Å²) in [5.41, 5.74) is 2.61. The lowest BCUT2D eigenvalue weighted by Crippen LogP contribution is -2.40. The summed E-state index contributed by atoms with van der Waals surface area (Å²) in [6.45, 7) is 2.02. The molecule has 0 unspecified atom stereocenters. The van der Waals surface area contributed by atoms with Crippen LogP contribution in [0.1, 0.15) is 29.7 Å². The Labute approximate surface area is 272 Å². The molecule has 1 atom stereocenters. The standard InChI is InChI=1S/C31H21ClI2N2O4S/c1-3-14-40-28-20(15-22(33)17-23(28)34)16-24-29(37)36-27(19-10-12-21(32)13-11-19)25(30(38)39-4-2)26(35-31(36)41-24)18-8-6-5-7-9-18/h1,5-13,15-17,27H,4,14H2,2H3/b24-16-/t27-/m0/s1. The van der Waals surface area contributed by atoms with Crippen molar-refractivity contribution in [2.45, 2.75) is 13.0 Å². The smallest absolute Gasteiger partial charge is 0.338 e. The van der Waals surface area contributed by atoms with E-state index in [-0.39, 0.29) is 24.3 Å². The molecular formula is C31H21ClI2N2O4S. The molecule has 2 heterocycles. The highest BCUT2D eigenvalue weighted by atomic mass is 127. The van der Waals surface area contributed by atoms with Gasteiger partial charge in [-0.25, -0.2) is 9.79 Å². The first-order chi connectivity index (χ1) is 19.8. The maximum Gasteiger partial charge on any atom is 0.338 e. The largest absolute Gasteiger partial charge is 0.479 e. The van der Waals surface area contributed by atoms with Gasteiger partial charge in [0.05, 0.1) is 32.0 Å². The lowest BCUT2D eigenvalue weighted by atomic mass is 9.93. The molecule has 206 valence electrons. The minimum atomic E-state index is -0.784. The molecule has 0 spiro atoms. The van der Waals surface area contributed by atoms with Crippen LogP contribution in [0.3, 0.4) is 0 Å². The van der Waals surface area contributed by atoms with Crippen molar-refractivity contribution in [2.75, 3.05) is 13.2 Å². The molecule has 0 N–H and O–H groups in total. The quantitative estimate of drug-likeness (QED) is 0.135.